The van der Waals surface area contributed by atoms with E-state index in [4.69, 9.17) is 0 Å². The molecule has 0 aromatic carbocycles. The Morgan fingerprint density at radius 1 is 1.52 bits per heavy atom. The van der Waals surface area contributed by atoms with Gasteiger partial charge in [0.15, 0.2) is 5.16 Å². The number of carbonyl (C=O) groups is 1. The molecule has 122 valence electrons. The number of allylic oxidation sites excluding steroid dienone is 1. The largest absolute Gasteiger partial charge is 0.351 e. The third-order valence-corrected chi connectivity index (χ3v) is 4.73. The molecule has 1 N–H and O–H groups in total. The van der Waals surface area contributed by atoms with Crippen molar-refractivity contribution in [3.63, 3.8) is 0 Å². The topological polar surface area (TPSA) is 72.7 Å². The van der Waals surface area contributed by atoms with Crippen LogP contribution in [0.15, 0.2) is 48.7 Å². The highest BCUT2D eigenvalue weighted by Gasteiger charge is 2.25. The average molecular weight is 331 g/mol. The van der Waals surface area contributed by atoms with Crippen molar-refractivity contribution in [3.05, 3.63) is 49.1 Å². The summed E-state index contributed by atoms with van der Waals surface area (Å²) in [5, 5.41) is 11.5. The SMILES string of the molecule is C=CCn1cnnc1SC(C(=O)NCc1cccnc1)C(C)C. The standard InChI is InChI=1S/C16H21N5OS/c1-4-8-21-11-19-20-16(21)23-14(12(2)3)15(22)18-10-13-6-5-7-17-9-13/h4-7,9,11-12,14H,1,8,10H2,2-3H3,(H,18,22). The van der Waals surface area contributed by atoms with Crippen LogP contribution in [0.1, 0.15) is 19.4 Å². The zero-order valence-electron chi connectivity index (χ0n) is 13.3. The zero-order valence-corrected chi connectivity index (χ0v) is 14.2. The van der Waals surface area contributed by atoms with E-state index in [1.807, 2.05) is 30.5 Å². The lowest BCUT2D eigenvalue weighted by Crippen LogP contribution is -2.35. The molecule has 0 fully saturated rings. The van der Waals surface area contributed by atoms with E-state index >= 15 is 0 Å². The van der Waals surface area contributed by atoms with E-state index in [0.29, 0.717) is 13.1 Å². The lowest BCUT2D eigenvalue weighted by atomic mass is 10.1. The number of nitrogens with one attached hydrogen (secondary N) is 1. The number of hydrogen-bond donors (Lipinski definition) is 1. The third-order valence-electron chi connectivity index (χ3n) is 3.19. The molecule has 0 aliphatic carbocycles. The van der Waals surface area contributed by atoms with Crippen molar-refractivity contribution >= 4 is 17.7 Å². The summed E-state index contributed by atoms with van der Waals surface area (Å²) in [5.74, 6) is 0.157. The summed E-state index contributed by atoms with van der Waals surface area (Å²) in [6.45, 7) is 8.86. The predicted octanol–water partition coefficient (Wildman–Crippen LogP) is 2.29. The molecule has 0 aliphatic heterocycles. The van der Waals surface area contributed by atoms with Crippen LogP contribution in [0.5, 0.6) is 0 Å². The van der Waals surface area contributed by atoms with Gasteiger partial charge >= 0.3 is 0 Å². The van der Waals surface area contributed by atoms with E-state index < -0.39 is 0 Å². The van der Waals surface area contributed by atoms with Gasteiger partial charge in [-0.2, -0.15) is 0 Å². The fraction of sp³-hybridized carbons (Fsp3) is 0.375. The molecular formula is C16H21N5OS. The summed E-state index contributed by atoms with van der Waals surface area (Å²) in [6.07, 6.45) is 6.89. The number of hydrogen-bond acceptors (Lipinski definition) is 5. The van der Waals surface area contributed by atoms with Gasteiger partial charge in [-0.15, -0.1) is 16.8 Å². The van der Waals surface area contributed by atoms with Crippen molar-refractivity contribution < 1.29 is 4.79 Å². The van der Waals surface area contributed by atoms with Crippen LogP contribution in [0.3, 0.4) is 0 Å². The van der Waals surface area contributed by atoms with Crippen molar-refractivity contribution in [2.75, 3.05) is 0 Å². The van der Waals surface area contributed by atoms with Crippen LogP contribution in [0.25, 0.3) is 0 Å². The van der Waals surface area contributed by atoms with E-state index in [0.717, 1.165) is 10.7 Å². The summed E-state index contributed by atoms with van der Waals surface area (Å²) >= 11 is 1.43. The quantitative estimate of drug-likeness (QED) is 0.593. The van der Waals surface area contributed by atoms with Gasteiger partial charge in [0.2, 0.25) is 5.91 Å². The predicted molar refractivity (Wildman–Crippen MR) is 90.8 cm³/mol. The Kier molecular flexibility index (Phi) is 6.34. The van der Waals surface area contributed by atoms with Crippen LogP contribution in [0.4, 0.5) is 0 Å². The lowest BCUT2D eigenvalue weighted by Gasteiger charge is -2.19. The molecule has 2 aromatic heterocycles. The number of amides is 1. The Labute approximate surface area is 140 Å². The number of carbonyl (C=O) groups excluding carboxylic acids is 1. The highest BCUT2D eigenvalue weighted by atomic mass is 32.2. The fourth-order valence-electron chi connectivity index (χ4n) is 2.00. The van der Waals surface area contributed by atoms with Crippen LogP contribution in [-0.2, 0) is 17.9 Å². The minimum absolute atomic E-state index is 0.0120. The van der Waals surface area contributed by atoms with Crippen LogP contribution in [-0.4, -0.2) is 30.9 Å². The Morgan fingerprint density at radius 3 is 3.00 bits per heavy atom. The normalized spacial score (nSPS) is 12.1. The lowest BCUT2D eigenvalue weighted by molar-refractivity contribution is -0.121. The maximum absolute atomic E-state index is 12.5. The maximum Gasteiger partial charge on any atom is 0.234 e. The van der Waals surface area contributed by atoms with Gasteiger partial charge in [0, 0.05) is 25.5 Å². The van der Waals surface area contributed by atoms with Crippen LogP contribution < -0.4 is 5.32 Å². The summed E-state index contributed by atoms with van der Waals surface area (Å²) in [7, 11) is 0. The Bertz CT molecular complexity index is 641. The van der Waals surface area contributed by atoms with Crippen molar-refractivity contribution in [1.29, 1.82) is 0 Å². The molecule has 0 bridgehead atoms. The van der Waals surface area contributed by atoms with Crippen LogP contribution >= 0.6 is 11.8 Å². The van der Waals surface area contributed by atoms with Crippen LogP contribution in [0.2, 0.25) is 0 Å². The van der Waals surface area contributed by atoms with Gasteiger partial charge in [-0.3, -0.25) is 9.78 Å². The molecule has 2 rings (SSSR count). The first-order chi connectivity index (χ1) is 11.1. The molecule has 23 heavy (non-hydrogen) atoms. The van der Waals surface area contributed by atoms with Gasteiger partial charge < -0.3 is 9.88 Å². The molecule has 1 unspecified atom stereocenters. The summed E-state index contributed by atoms with van der Waals surface area (Å²) in [4.78, 5) is 16.6. The molecule has 2 heterocycles. The molecule has 1 atom stereocenters. The van der Waals surface area contributed by atoms with Crippen molar-refractivity contribution in [1.82, 2.24) is 25.1 Å². The Balaban J connectivity index is 2.01. The molecule has 0 radical (unpaired) electrons. The number of pyridine rings is 1. The number of rotatable bonds is 8. The maximum atomic E-state index is 12.5. The highest BCUT2D eigenvalue weighted by Crippen LogP contribution is 2.26. The molecule has 1 amide bonds. The summed E-state index contributed by atoms with van der Waals surface area (Å²) < 4.78 is 1.88. The second-order valence-electron chi connectivity index (χ2n) is 5.42. The minimum atomic E-state index is -0.237. The summed E-state index contributed by atoms with van der Waals surface area (Å²) in [6, 6.07) is 3.79. The molecule has 2 aromatic rings. The average Bonchev–Trinajstić information content (AvgIpc) is 2.98. The molecular weight excluding hydrogens is 310 g/mol. The third kappa shape index (κ3) is 4.92. The smallest absolute Gasteiger partial charge is 0.234 e. The van der Waals surface area contributed by atoms with Crippen molar-refractivity contribution in [2.45, 2.75) is 37.3 Å². The van der Waals surface area contributed by atoms with Gasteiger partial charge in [-0.05, 0) is 17.5 Å². The monoisotopic (exact) mass is 331 g/mol. The molecule has 0 saturated heterocycles. The number of nitrogens with zero attached hydrogens (tertiary/aromatic N) is 4. The first kappa shape index (κ1) is 17.2. The Hall–Kier alpha value is -2.15. The van der Waals surface area contributed by atoms with Crippen molar-refractivity contribution in [2.24, 2.45) is 5.92 Å². The van der Waals surface area contributed by atoms with E-state index in [1.54, 1.807) is 24.8 Å². The second-order valence-corrected chi connectivity index (χ2v) is 6.52. The minimum Gasteiger partial charge on any atom is -0.351 e. The highest BCUT2D eigenvalue weighted by molar-refractivity contribution is 8.00. The summed E-state index contributed by atoms with van der Waals surface area (Å²) in [5.41, 5.74) is 0.975. The van der Waals surface area contributed by atoms with E-state index in [9.17, 15) is 4.79 Å². The molecule has 0 spiro atoms. The van der Waals surface area contributed by atoms with E-state index in [2.05, 4.69) is 27.1 Å². The molecule has 7 heteroatoms. The first-order valence-corrected chi connectivity index (χ1v) is 8.31. The zero-order chi connectivity index (χ0) is 16.7. The van der Waals surface area contributed by atoms with Gasteiger partial charge in [-0.25, -0.2) is 0 Å². The Morgan fingerprint density at radius 2 is 2.35 bits per heavy atom. The fourth-order valence-corrected chi connectivity index (χ4v) is 3.04. The van der Waals surface area contributed by atoms with Gasteiger partial charge in [0.1, 0.15) is 6.33 Å². The molecule has 6 nitrogen and oxygen atoms in total. The van der Waals surface area contributed by atoms with Gasteiger partial charge in [0.25, 0.3) is 0 Å². The molecule has 0 aliphatic rings. The van der Waals surface area contributed by atoms with E-state index in [-0.39, 0.29) is 17.1 Å². The van der Waals surface area contributed by atoms with Gasteiger partial charge in [0.05, 0.1) is 5.25 Å². The second kappa shape index (κ2) is 8.47. The number of aromatic nitrogens is 4. The number of thioether (sulfide) groups is 1. The van der Waals surface area contributed by atoms with Crippen molar-refractivity contribution in [3.8, 4) is 0 Å². The molecule has 0 saturated carbocycles. The first-order valence-electron chi connectivity index (χ1n) is 7.43. The van der Waals surface area contributed by atoms with Crippen LogP contribution in [0, 0.1) is 5.92 Å². The van der Waals surface area contributed by atoms with Gasteiger partial charge in [-0.1, -0.05) is 37.8 Å². The van der Waals surface area contributed by atoms with E-state index in [1.165, 1.54) is 11.8 Å².